The summed E-state index contributed by atoms with van der Waals surface area (Å²) in [5.41, 5.74) is 4.81. The Hall–Kier alpha value is -1.72. The van der Waals surface area contributed by atoms with Crippen molar-refractivity contribution in [3.05, 3.63) is 53.6 Å². The normalized spacial score (nSPS) is 12.6. The van der Waals surface area contributed by atoms with E-state index in [1.54, 1.807) is 10.7 Å². The monoisotopic (exact) mass is 248 g/mol. The first kappa shape index (κ1) is 12.7. The molecule has 1 unspecified atom stereocenters. The standard InChI is InChI=1S/C13H17FN4/c1-18-9-11(8-16-18)7-13(17-15)6-10-3-2-4-12(14)5-10/h2-5,8-9,13,17H,6-7,15H2,1H3. The fourth-order valence-corrected chi connectivity index (χ4v) is 2.00. The number of aryl methyl sites for hydroxylation is 1. The Morgan fingerprint density at radius 3 is 2.78 bits per heavy atom. The molecule has 4 nitrogen and oxygen atoms in total. The Labute approximate surface area is 106 Å². The molecule has 0 bridgehead atoms. The highest BCUT2D eigenvalue weighted by atomic mass is 19.1. The Morgan fingerprint density at radius 2 is 2.17 bits per heavy atom. The van der Waals surface area contributed by atoms with Crippen LogP contribution >= 0.6 is 0 Å². The van der Waals surface area contributed by atoms with Crippen LogP contribution in [0.15, 0.2) is 36.7 Å². The molecule has 0 aliphatic rings. The van der Waals surface area contributed by atoms with E-state index in [0.29, 0.717) is 6.42 Å². The van der Waals surface area contributed by atoms with Gasteiger partial charge >= 0.3 is 0 Å². The van der Waals surface area contributed by atoms with Crippen LogP contribution in [-0.2, 0) is 19.9 Å². The molecule has 0 radical (unpaired) electrons. The molecule has 0 spiro atoms. The minimum atomic E-state index is -0.218. The lowest BCUT2D eigenvalue weighted by Crippen LogP contribution is -2.38. The van der Waals surface area contributed by atoms with Gasteiger partial charge in [0.25, 0.3) is 0 Å². The van der Waals surface area contributed by atoms with Crippen LogP contribution in [0.4, 0.5) is 4.39 Å². The van der Waals surface area contributed by atoms with E-state index < -0.39 is 0 Å². The molecule has 0 amide bonds. The minimum Gasteiger partial charge on any atom is -0.276 e. The molecule has 1 aromatic heterocycles. The molecule has 0 saturated heterocycles. The smallest absolute Gasteiger partial charge is 0.123 e. The minimum absolute atomic E-state index is 0.0657. The van der Waals surface area contributed by atoms with Gasteiger partial charge in [-0.1, -0.05) is 12.1 Å². The number of nitrogens with two attached hydrogens (primary N) is 1. The van der Waals surface area contributed by atoms with Gasteiger partial charge in [-0.3, -0.25) is 16.0 Å². The Morgan fingerprint density at radius 1 is 1.39 bits per heavy atom. The molecule has 1 aromatic carbocycles. The molecule has 1 heterocycles. The molecule has 5 heteroatoms. The summed E-state index contributed by atoms with van der Waals surface area (Å²) < 4.78 is 14.8. The molecule has 2 rings (SSSR count). The van der Waals surface area contributed by atoms with Gasteiger partial charge < -0.3 is 0 Å². The molecule has 3 N–H and O–H groups in total. The maximum Gasteiger partial charge on any atom is 0.123 e. The molecule has 2 aromatic rings. The van der Waals surface area contributed by atoms with Crippen LogP contribution in [-0.4, -0.2) is 15.8 Å². The summed E-state index contributed by atoms with van der Waals surface area (Å²) in [4.78, 5) is 0. The van der Waals surface area contributed by atoms with Gasteiger partial charge in [0.05, 0.1) is 6.20 Å². The van der Waals surface area contributed by atoms with Crippen molar-refractivity contribution < 1.29 is 4.39 Å². The molecular formula is C13H17FN4. The Bertz CT molecular complexity index is 509. The van der Waals surface area contributed by atoms with Crippen LogP contribution in [0, 0.1) is 5.82 Å². The van der Waals surface area contributed by atoms with Gasteiger partial charge in [-0.25, -0.2) is 4.39 Å². The molecule has 0 saturated carbocycles. The number of nitrogens with one attached hydrogen (secondary N) is 1. The first-order valence-electron chi connectivity index (χ1n) is 5.85. The average Bonchev–Trinajstić information content (AvgIpc) is 2.74. The number of hydrogen-bond acceptors (Lipinski definition) is 3. The highest BCUT2D eigenvalue weighted by Crippen LogP contribution is 2.09. The Kier molecular flexibility index (Phi) is 4.07. The second-order valence-corrected chi connectivity index (χ2v) is 4.42. The highest BCUT2D eigenvalue weighted by Gasteiger charge is 2.10. The molecular weight excluding hydrogens is 231 g/mol. The first-order chi connectivity index (χ1) is 8.67. The average molecular weight is 248 g/mol. The van der Waals surface area contributed by atoms with E-state index in [9.17, 15) is 4.39 Å². The van der Waals surface area contributed by atoms with E-state index in [4.69, 9.17) is 5.84 Å². The van der Waals surface area contributed by atoms with E-state index >= 15 is 0 Å². The summed E-state index contributed by atoms with van der Waals surface area (Å²) in [5.74, 6) is 5.32. The molecule has 0 aliphatic heterocycles. The number of aromatic nitrogens is 2. The molecule has 1 atom stereocenters. The summed E-state index contributed by atoms with van der Waals surface area (Å²) in [7, 11) is 1.88. The first-order valence-corrected chi connectivity index (χ1v) is 5.85. The van der Waals surface area contributed by atoms with Crippen molar-refractivity contribution in [1.82, 2.24) is 15.2 Å². The summed E-state index contributed by atoms with van der Waals surface area (Å²) in [6.45, 7) is 0. The lowest BCUT2D eigenvalue weighted by Gasteiger charge is -2.15. The Balaban J connectivity index is 2.01. The summed E-state index contributed by atoms with van der Waals surface area (Å²) in [5, 5.41) is 4.11. The summed E-state index contributed by atoms with van der Waals surface area (Å²) >= 11 is 0. The quantitative estimate of drug-likeness (QED) is 0.617. The van der Waals surface area contributed by atoms with Gasteiger partial charge in [0.1, 0.15) is 5.82 Å². The van der Waals surface area contributed by atoms with Gasteiger partial charge in [-0.15, -0.1) is 0 Å². The zero-order valence-electron chi connectivity index (χ0n) is 10.3. The summed E-state index contributed by atoms with van der Waals surface area (Å²) in [6.07, 6.45) is 5.22. The van der Waals surface area contributed by atoms with E-state index in [-0.39, 0.29) is 11.9 Å². The van der Waals surface area contributed by atoms with Crippen LogP contribution in [0.25, 0.3) is 0 Å². The van der Waals surface area contributed by atoms with Crippen LogP contribution in [0.2, 0.25) is 0 Å². The molecule has 96 valence electrons. The van der Waals surface area contributed by atoms with Crippen LogP contribution < -0.4 is 11.3 Å². The van der Waals surface area contributed by atoms with Gasteiger partial charge in [0, 0.05) is 19.3 Å². The van der Waals surface area contributed by atoms with Crippen molar-refractivity contribution in [2.45, 2.75) is 18.9 Å². The van der Waals surface area contributed by atoms with Gasteiger partial charge in [0.2, 0.25) is 0 Å². The maximum absolute atomic E-state index is 13.1. The fourth-order valence-electron chi connectivity index (χ4n) is 2.00. The maximum atomic E-state index is 13.1. The van der Waals surface area contributed by atoms with Gasteiger partial charge in [-0.05, 0) is 36.1 Å². The predicted octanol–water partition coefficient (Wildman–Crippen LogP) is 1.18. The van der Waals surface area contributed by atoms with E-state index in [1.165, 1.54) is 12.1 Å². The molecule has 0 aliphatic carbocycles. The van der Waals surface area contributed by atoms with Gasteiger partial charge in [-0.2, -0.15) is 5.10 Å². The van der Waals surface area contributed by atoms with Crippen LogP contribution in [0.3, 0.4) is 0 Å². The number of hydrazine groups is 1. The molecule has 18 heavy (non-hydrogen) atoms. The number of rotatable bonds is 5. The second-order valence-electron chi connectivity index (χ2n) is 4.42. The zero-order chi connectivity index (χ0) is 13.0. The zero-order valence-corrected chi connectivity index (χ0v) is 10.3. The van der Waals surface area contributed by atoms with E-state index in [0.717, 1.165) is 17.5 Å². The largest absolute Gasteiger partial charge is 0.276 e. The van der Waals surface area contributed by atoms with Crippen molar-refractivity contribution in [1.29, 1.82) is 0 Å². The highest BCUT2D eigenvalue weighted by molar-refractivity contribution is 5.18. The fraction of sp³-hybridized carbons (Fsp3) is 0.308. The van der Waals surface area contributed by atoms with Crippen molar-refractivity contribution in [2.75, 3.05) is 0 Å². The third-order valence-corrected chi connectivity index (χ3v) is 2.85. The van der Waals surface area contributed by atoms with Crippen LogP contribution in [0.1, 0.15) is 11.1 Å². The number of nitrogens with zero attached hydrogens (tertiary/aromatic N) is 2. The van der Waals surface area contributed by atoms with Crippen molar-refractivity contribution in [3.63, 3.8) is 0 Å². The van der Waals surface area contributed by atoms with Gasteiger partial charge in [0.15, 0.2) is 0 Å². The lowest BCUT2D eigenvalue weighted by molar-refractivity contribution is 0.520. The molecule has 0 fully saturated rings. The predicted molar refractivity (Wildman–Crippen MR) is 68.1 cm³/mol. The van der Waals surface area contributed by atoms with Crippen molar-refractivity contribution in [3.8, 4) is 0 Å². The third-order valence-electron chi connectivity index (χ3n) is 2.85. The van der Waals surface area contributed by atoms with E-state index in [1.807, 2.05) is 25.5 Å². The van der Waals surface area contributed by atoms with Crippen molar-refractivity contribution in [2.24, 2.45) is 12.9 Å². The lowest BCUT2D eigenvalue weighted by atomic mass is 10.0. The van der Waals surface area contributed by atoms with E-state index in [2.05, 4.69) is 10.5 Å². The van der Waals surface area contributed by atoms with Crippen molar-refractivity contribution >= 4 is 0 Å². The summed E-state index contributed by atoms with van der Waals surface area (Å²) in [6, 6.07) is 6.65. The second kappa shape index (κ2) is 5.75. The topological polar surface area (TPSA) is 55.9 Å². The number of benzene rings is 1. The van der Waals surface area contributed by atoms with Crippen LogP contribution in [0.5, 0.6) is 0 Å². The number of hydrogen-bond donors (Lipinski definition) is 2. The third kappa shape index (κ3) is 3.38. The SMILES string of the molecule is Cn1cc(CC(Cc2cccc(F)c2)NN)cn1. The number of halogens is 1.